The molecule has 0 unspecified atom stereocenters. The number of unbranched alkanes of at least 4 members (excludes halogenated alkanes) is 1. The summed E-state index contributed by atoms with van der Waals surface area (Å²) in [7, 11) is 0. The summed E-state index contributed by atoms with van der Waals surface area (Å²) >= 11 is 0. The fourth-order valence-electron chi connectivity index (χ4n) is 1.71. The van der Waals surface area contributed by atoms with E-state index in [9.17, 15) is 4.79 Å². The summed E-state index contributed by atoms with van der Waals surface area (Å²) in [4.78, 5) is 15.1. The van der Waals surface area contributed by atoms with Crippen molar-refractivity contribution < 1.29 is 19.1 Å². The van der Waals surface area contributed by atoms with Gasteiger partial charge in [-0.3, -0.25) is 0 Å². The van der Waals surface area contributed by atoms with Crippen LogP contribution in [0.15, 0.2) is 22.6 Å². The number of aromatic nitrogens is 1. The van der Waals surface area contributed by atoms with Gasteiger partial charge in [-0.15, -0.1) is 0 Å². The average Bonchev–Trinajstić information content (AvgIpc) is 2.84. The minimum absolute atomic E-state index is 0.183. The molecule has 0 atom stereocenters. The Morgan fingerprint density at radius 2 is 2.30 bits per heavy atom. The third-order valence-corrected chi connectivity index (χ3v) is 2.80. The highest BCUT2D eigenvalue weighted by atomic mass is 16.5. The Morgan fingerprint density at radius 3 is 3.05 bits per heavy atom. The molecule has 2 N–H and O–H groups in total. The molecule has 0 spiro atoms. The second-order valence-electron chi connectivity index (χ2n) is 4.40. The first-order valence-corrected chi connectivity index (χ1v) is 6.66. The van der Waals surface area contributed by atoms with Gasteiger partial charge in [0.05, 0.1) is 12.2 Å². The van der Waals surface area contributed by atoms with Gasteiger partial charge >= 0.3 is 5.97 Å². The molecule has 20 heavy (non-hydrogen) atoms. The van der Waals surface area contributed by atoms with Crippen LogP contribution < -0.4 is 5.32 Å². The van der Waals surface area contributed by atoms with Gasteiger partial charge in [0.2, 0.25) is 0 Å². The molecule has 6 heteroatoms. The number of carboxylic acid groups (broad SMARTS) is 1. The van der Waals surface area contributed by atoms with Gasteiger partial charge in [0, 0.05) is 13.2 Å². The zero-order chi connectivity index (χ0) is 14.4. The van der Waals surface area contributed by atoms with Gasteiger partial charge in [0.15, 0.2) is 5.58 Å². The number of rotatable bonds is 8. The molecule has 1 aromatic carbocycles. The number of carbonyl (C=O) groups is 1. The van der Waals surface area contributed by atoms with E-state index in [1.165, 1.54) is 12.1 Å². The van der Waals surface area contributed by atoms with Crippen LogP contribution in [0.25, 0.3) is 11.1 Å². The molecular weight excluding hydrogens is 260 g/mol. The first-order chi connectivity index (χ1) is 9.70. The Kier molecular flexibility index (Phi) is 4.95. The highest BCUT2D eigenvalue weighted by Gasteiger charge is 2.09. The largest absolute Gasteiger partial charge is 0.478 e. The normalized spacial score (nSPS) is 10.8. The maximum absolute atomic E-state index is 10.9. The molecule has 108 valence electrons. The second-order valence-corrected chi connectivity index (χ2v) is 4.40. The number of nitrogens with zero attached hydrogens (tertiary/aromatic N) is 1. The molecule has 0 fully saturated rings. The van der Waals surface area contributed by atoms with Crippen molar-refractivity contribution in [3.63, 3.8) is 0 Å². The highest BCUT2D eigenvalue weighted by Crippen LogP contribution is 2.20. The molecule has 1 heterocycles. The molecule has 0 amide bonds. The summed E-state index contributed by atoms with van der Waals surface area (Å²) in [6, 6.07) is 4.98. The Bertz CT molecular complexity index is 580. The van der Waals surface area contributed by atoms with Crippen molar-refractivity contribution in [3.8, 4) is 0 Å². The van der Waals surface area contributed by atoms with Crippen LogP contribution >= 0.6 is 0 Å². The molecule has 2 rings (SSSR count). The third kappa shape index (κ3) is 3.71. The van der Waals surface area contributed by atoms with Gasteiger partial charge < -0.3 is 19.6 Å². The summed E-state index contributed by atoms with van der Waals surface area (Å²) in [5.74, 6) is -0.984. The molecule has 0 aliphatic rings. The van der Waals surface area contributed by atoms with Crippen LogP contribution in [0.5, 0.6) is 0 Å². The lowest BCUT2D eigenvalue weighted by atomic mass is 10.2. The predicted molar refractivity (Wildman–Crippen MR) is 75.2 cm³/mol. The van der Waals surface area contributed by atoms with Gasteiger partial charge in [-0.1, -0.05) is 13.3 Å². The number of benzene rings is 1. The number of nitrogens with one attached hydrogen (secondary N) is 1. The summed E-state index contributed by atoms with van der Waals surface area (Å²) < 4.78 is 10.9. The molecule has 0 radical (unpaired) electrons. The van der Waals surface area contributed by atoms with Crippen molar-refractivity contribution in [2.45, 2.75) is 19.8 Å². The fraction of sp³-hybridized carbons (Fsp3) is 0.429. The van der Waals surface area contributed by atoms with Crippen LogP contribution in [-0.4, -0.2) is 35.8 Å². The van der Waals surface area contributed by atoms with Gasteiger partial charge in [0.25, 0.3) is 6.01 Å². The molecule has 0 aliphatic carbocycles. The number of anilines is 1. The van der Waals surface area contributed by atoms with Crippen molar-refractivity contribution >= 4 is 23.1 Å². The summed E-state index contributed by atoms with van der Waals surface area (Å²) in [5, 5.41) is 11.9. The summed E-state index contributed by atoms with van der Waals surface area (Å²) in [6.07, 6.45) is 2.17. The van der Waals surface area contributed by atoms with E-state index < -0.39 is 5.97 Å². The Balaban J connectivity index is 1.89. The van der Waals surface area contributed by atoms with E-state index >= 15 is 0 Å². The van der Waals surface area contributed by atoms with E-state index in [2.05, 4.69) is 17.2 Å². The Hall–Kier alpha value is -2.08. The maximum atomic E-state index is 10.9. The number of hydrogen-bond acceptors (Lipinski definition) is 5. The van der Waals surface area contributed by atoms with Gasteiger partial charge in [-0.2, -0.15) is 4.98 Å². The first kappa shape index (κ1) is 14.3. The van der Waals surface area contributed by atoms with Gasteiger partial charge in [0.1, 0.15) is 5.52 Å². The number of fused-ring (bicyclic) bond motifs is 1. The average molecular weight is 278 g/mol. The van der Waals surface area contributed by atoms with Crippen LogP contribution in [-0.2, 0) is 4.74 Å². The molecular formula is C14H18N2O4. The predicted octanol–water partition coefficient (Wildman–Crippen LogP) is 2.75. The molecule has 2 aromatic rings. The molecule has 0 saturated carbocycles. The number of oxazole rings is 1. The van der Waals surface area contributed by atoms with E-state index in [0.717, 1.165) is 19.4 Å². The fourth-order valence-corrected chi connectivity index (χ4v) is 1.71. The molecule has 0 saturated heterocycles. The van der Waals surface area contributed by atoms with Crippen molar-refractivity contribution in [1.29, 1.82) is 0 Å². The monoisotopic (exact) mass is 278 g/mol. The molecule has 0 aliphatic heterocycles. The van der Waals surface area contributed by atoms with Gasteiger partial charge in [-0.25, -0.2) is 4.79 Å². The second kappa shape index (κ2) is 6.91. The lowest BCUT2D eigenvalue weighted by Crippen LogP contribution is -2.10. The lowest BCUT2D eigenvalue weighted by molar-refractivity contribution is 0.0697. The smallest absolute Gasteiger partial charge is 0.335 e. The van der Waals surface area contributed by atoms with Crippen molar-refractivity contribution in [2.24, 2.45) is 0 Å². The number of carboxylic acids is 1. The van der Waals surface area contributed by atoms with Gasteiger partial charge in [-0.05, 0) is 24.6 Å². The maximum Gasteiger partial charge on any atom is 0.335 e. The number of aromatic carboxylic acids is 1. The van der Waals surface area contributed by atoms with Crippen LogP contribution in [0.1, 0.15) is 30.1 Å². The minimum Gasteiger partial charge on any atom is -0.478 e. The van der Waals surface area contributed by atoms with Crippen LogP contribution in [0, 0.1) is 0 Å². The Labute approximate surface area is 116 Å². The van der Waals surface area contributed by atoms with E-state index in [-0.39, 0.29) is 5.56 Å². The Morgan fingerprint density at radius 1 is 1.45 bits per heavy atom. The van der Waals surface area contributed by atoms with Crippen LogP contribution in [0.2, 0.25) is 0 Å². The summed E-state index contributed by atoms with van der Waals surface area (Å²) in [6.45, 7) is 4.06. The third-order valence-electron chi connectivity index (χ3n) is 2.80. The zero-order valence-corrected chi connectivity index (χ0v) is 11.4. The first-order valence-electron chi connectivity index (χ1n) is 6.66. The number of ether oxygens (including phenoxy) is 1. The minimum atomic E-state index is -0.984. The summed E-state index contributed by atoms with van der Waals surface area (Å²) in [5.41, 5.74) is 1.27. The SMILES string of the molecule is CCCCOCCNc1nc2ccc(C(=O)O)cc2o1. The topological polar surface area (TPSA) is 84.6 Å². The standard InChI is InChI=1S/C14H18N2O4/c1-2-3-7-19-8-6-15-14-16-11-5-4-10(13(17)18)9-12(11)20-14/h4-5,9H,2-3,6-8H2,1H3,(H,15,16)(H,17,18). The zero-order valence-electron chi connectivity index (χ0n) is 11.4. The molecule has 0 bridgehead atoms. The lowest BCUT2D eigenvalue weighted by Gasteiger charge is -2.03. The van der Waals surface area contributed by atoms with Crippen LogP contribution in [0.3, 0.4) is 0 Å². The quantitative estimate of drug-likeness (QED) is 0.722. The van der Waals surface area contributed by atoms with E-state index in [0.29, 0.717) is 30.3 Å². The van der Waals surface area contributed by atoms with E-state index in [1.54, 1.807) is 6.07 Å². The van der Waals surface area contributed by atoms with Crippen molar-refractivity contribution in [1.82, 2.24) is 4.98 Å². The molecule has 1 aromatic heterocycles. The molecule has 6 nitrogen and oxygen atoms in total. The number of hydrogen-bond donors (Lipinski definition) is 2. The van der Waals surface area contributed by atoms with Crippen LogP contribution in [0.4, 0.5) is 6.01 Å². The van der Waals surface area contributed by atoms with Crippen molar-refractivity contribution in [3.05, 3.63) is 23.8 Å². The van der Waals surface area contributed by atoms with Crippen molar-refractivity contribution in [2.75, 3.05) is 25.1 Å². The van der Waals surface area contributed by atoms with E-state index in [1.807, 2.05) is 0 Å². The highest BCUT2D eigenvalue weighted by molar-refractivity contribution is 5.92. The van der Waals surface area contributed by atoms with E-state index in [4.69, 9.17) is 14.3 Å².